The van der Waals surface area contributed by atoms with Crippen molar-refractivity contribution >= 4 is 5.91 Å². The van der Waals surface area contributed by atoms with E-state index in [4.69, 9.17) is 0 Å². The number of carbonyl (C=O) groups is 1. The van der Waals surface area contributed by atoms with Crippen LogP contribution in [0.25, 0.3) is 0 Å². The number of amides is 1. The maximum Gasteiger partial charge on any atom is 0.228 e. The van der Waals surface area contributed by atoms with Crippen LogP contribution in [0.2, 0.25) is 0 Å². The zero-order chi connectivity index (χ0) is 13.9. The van der Waals surface area contributed by atoms with Crippen LogP contribution >= 0.6 is 0 Å². The molecular weight excluding hydrogens is 246 g/mol. The molecule has 2 heteroatoms. The molecule has 102 valence electrons. The Morgan fingerprint density at radius 2 is 1.55 bits per heavy atom. The molecule has 0 unspecified atom stereocenters. The number of benzene rings is 2. The van der Waals surface area contributed by atoms with Crippen molar-refractivity contribution in [2.75, 3.05) is 0 Å². The van der Waals surface area contributed by atoms with Crippen molar-refractivity contribution in [3.8, 4) is 0 Å². The predicted molar refractivity (Wildman–Crippen MR) is 80.0 cm³/mol. The molecule has 0 spiro atoms. The first kappa shape index (κ1) is 12.9. The average Bonchev–Trinajstić information content (AvgIpc) is 2.51. The standard InChI is InChI=1S/C18H19NO/c1-2-16-17(15-11-7-4-8-12-15)19(18(16)20)13-14-9-5-3-6-10-14/h3-12,16-17H,2,13H2,1H3/t16-,17+/m1/s1. The lowest BCUT2D eigenvalue weighted by atomic mass is 9.80. The Balaban J connectivity index is 1.84. The third-order valence-corrected chi connectivity index (χ3v) is 4.09. The largest absolute Gasteiger partial charge is 0.330 e. The van der Waals surface area contributed by atoms with Gasteiger partial charge < -0.3 is 4.90 Å². The Bertz CT molecular complexity index is 579. The van der Waals surface area contributed by atoms with Crippen LogP contribution in [0.5, 0.6) is 0 Å². The summed E-state index contributed by atoms with van der Waals surface area (Å²) in [5.41, 5.74) is 2.44. The van der Waals surface area contributed by atoms with Gasteiger partial charge in [-0.1, -0.05) is 67.6 Å². The highest BCUT2D eigenvalue weighted by Gasteiger charge is 2.46. The number of β-lactam (4-membered cyclic amide) rings is 1. The molecule has 2 aromatic carbocycles. The number of hydrogen-bond acceptors (Lipinski definition) is 1. The van der Waals surface area contributed by atoms with E-state index in [1.807, 2.05) is 41.3 Å². The summed E-state index contributed by atoms with van der Waals surface area (Å²) in [6.45, 7) is 2.80. The molecule has 1 aliphatic rings. The molecule has 0 saturated carbocycles. The minimum absolute atomic E-state index is 0.140. The van der Waals surface area contributed by atoms with Gasteiger partial charge in [0.1, 0.15) is 0 Å². The van der Waals surface area contributed by atoms with Crippen molar-refractivity contribution in [1.29, 1.82) is 0 Å². The van der Waals surface area contributed by atoms with Crippen LogP contribution in [-0.4, -0.2) is 10.8 Å². The lowest BCUT2D eigenvalue weighted by Gasteiger charge is -2.47. The zero-order valence-corrected chi connectivity index (χ0v) is 11.7. The number of carbonyl (C=O) groups excluding carboxylic acids is 1. The third kappa shape index (κ3) is 2.22. The van der Waals surface area contributed by atoms with E-state index in [-0.39, 0.29) is 17.9 Å². The number of hydrogen-bond donors (Lipinski definition) is 0. The maximum atomic E-state index is 12.3. The van der Waals surface area contributed by atoms with Crippen LogP contribution in [0.1, 0.15) is 30.5 Å². The van der Waals surface area contributed by atoms with Gasteiger partial charge in [-0.15, -0.1) is 0 Å². The van der Waals surface area contributed by atoms with Crippen LogP contribution in [0, 0.1) is 5.92 Å². The summed E-state index contributed by atoms with van der Waals surface area (Å²) in [5, 5.41) is 0. The normalized spacial score (nSPS) is 21.6. The highest BCUT2D eigenvalue weighted by Crippen LogP contribution is 2.42. The highest BCUT2D eigenvalue weighted by atomic mass is 16.2. The minimum Gasteiger partial charge on any atom is -0.330 e. The molecule has 1 amide bonds. The van der Waals surface area contributed by atoms with Crippen molar-refractivity contribution in [3.63, 3.8) is 0 Å². The summed E-state index contributed by atoms with van der Waals surface area (Å²) >= 11 is 0. The lowest BCUT2D eigenvalue weighted by molar-refractivity contribution is -0.158. The van der Waals surface area contributed by atoms with Gasteiger partial charge in [-0.25, -0.2) is 0 Å². The van der Waals surface area contributed by atoms with Gasteiger partial charge in [0.15, 0.2) is 0 Å². The molecule has 1 heterocycles. The topological polar surface area (TPSA) is 20.3 Å². The van der Waals surface area contributed by atoms with Crippen molar-refractivity contribution in [3.05, 3.63) is 71.8 Å². The van der Waals surface area contributed by atoms with E-state index in [1.54, 1.807) is 0 Å². The Labute approximate surface area is 120 Å². The summed E-state index contributed by atoms with van der Waals surface area (Å²) < 4.78 is 0. The molecule has 1 aliphatic heterocycles. The fourth-order valence-electron chi connectivity index (χ4n) is 3.04. The SMILES string of the molecule is CC[C@H]1C(=O)N(Cc2ccccc2)[C@H]1c1ccccc1. The molecule has 0 radical (unpaired) electrons. The van der Waals surface area contributed by atoms with E-state index in [9.17, 15) is 4.79 Å². The monoisotopic (exact) mass is 265 g/mol. The van der Waals surface area contributed by atoms with Crippen LogP contribution < -0.4 is 0 Å². The molecule has 0 N–H and O–H groups in total. The number of rotatable bonds is 4. The zero-order valence-electron chi connectivity index (χ0n) is 11.7. The summed E-state index contributed by atoms with van der Waals surface area (Å²) in [6.07, 6.45) is 0.906. The number of likely N-dealkylation sites (tertiary alicyclic amines) is 1. The molecule has 0 bridgehead atoms. The summed E-state index contributed by atoms with van der Waals surface area (Å²) in [6, 6.07) is 20.8. The van der Waals surface area contributed by atoms with Crippen LogP contribution in [0.3, 0.4) is 0 Å². The first-order chi connectivity index (χ1) is 9.81. The average molecular weight is 265 g/mol. The molecule has 3 rings (SSSR count). The lowest BCUT2D eigenvalue weighted by Crippen LogP contribution is -2.53. The van der Waals surface area contributed by atoms with E-state index >= 15 is 0 Å². The summed E-state index contributed by atoms with van der Waals surface area (Å²) in [7, 11) is 0. The van der Waals surface area contributed by atoms with Gasteiger partial charge in [0.05, 0.1) is 12.0 Å². The van der Waals surface area contributed by atoms with Crippen LogP contribution in [0.4, 0.5) is 0 Å². The van der Waals surface area contributed by atoms with Gasteiger partial charge in [-0.2, -0.15) is 0 Å². The Morgan fingerprint density at radius 1 is 0.950 bits per heavy atom. The maximum absolute atomic E-state index is 12.3. The fourth-order valence-corrected chi connectivity index (χ4v) is 3.04. The van der Waals surface area contributed by atoms with E-state index in [0.717, 1.165) is 6.42 Å². The molecule has 0 aliphatic carbocycles. The van der Waals surface area contributed by atoms with E-state index in [0.29, 0.717) is 6.54 Å². The van der Waals surface area contributed by atoms with Gasteiger partial charge in [0, 0.05) is 6.54 Å². The molecule has 2 aromatic rings. The van der Waals surface area contributed by atoms with Gasteiger partial charge >= 0.3 is 0 Å². The van der Waals surface area contributed by atoms with E-state index in [2.05, 4.69) is 31.2 Å². The second-order valence-electron chi connectivity index (χ2n) is 5.32. The smallest absolute Gasteiger partial charge is 0.228 e. The second kappa shape index (κ2) is 5.49. The Kier molecular flexibility index (Phi) is 3.55. The quantitative estimate of drug-likeness (QED) is 0.770. The van der Waals surface area contributed by atoms with Gasteiger partial charge in [0.2, 0.25) is 5.91 Å². The van der Waals surface area contributed by atoms with E-state index in [1.165, 1.54) is 11.1 Å². The van der Waals surface area contributed by atoms with Gasteiger partial charge in [-0.3, -0.25) is 4.79 Å². The van der Waals surface area contributed by atoms with Crippen molar-refractivity contribution < 1.29 is 4.79 Å². The minimum atomic E-state index is 0.140. The summed E-state index contributed by atoms with van der Waals surface area (Å²) in [5.74, 6) is 0.423. The Hall–Kier alpha value is -2.09. The molecule has 1 saturated heterocycles. The molecular formula is C18H19NO. The number of nitrogens with zero attached hydrogens (tertiary/aromatic N) is 1. The first-order valence-electron chi connectivity index (χ1n) is 7.20. The van der Waals surface area contributed by atoms with Gasteiger partial charge in [-0.05, 0) is 17.5 Å². The van der Waals surface area contributed by atoms with E-state index < -0.39 is 0 Å². The van der Waals surface area contributed by atoms with Crippen molar-refractivity contribution in [1.82, 2.24) is 4.90 Å². The summed E-state index contributed by atoms with van der Waals surface area (Å²) in [4.78, 5) is 14.3. The van der Waals surface area contributed by atoms with Crippen molar-refractivity contribution in [2.45, 2.75) is 25.9 Å². The molecule has 2 atom stereocenters. The molecule has 20 heavy (non-hydrogen) atoms. The first-order valence-corrected chi connectivity index (χ1v) is 7.20. The Morgan fingerprint density at radius 3 is 2.15 bits per heavy atom. The van der Waals surface area contributed by atoms with Crippen molar-refractivity contribution in [2.24, 2.45) is 5.92 Å². The predicted octanol–water partition coefficient (Wildman–Crippen LogP) is 3.80. The van der Waals surface area contributed by atoms with Crippen LogP contribution in [0.15, 0.2) is 60.7 Å². The fraction of sp³-hybridized carbons (Fsp3) is 0.278. The molecule has 0 aromatic heterocycles. The van der Waals surface area contributed by atoms with Gasteiger partial charge in [0.25, 0.3) is 0 Å². The highest BCUT2D eigenvalue weighted by molar-refractivity contribution is 5.86. The molecule has 1 fully saturated rings. The second-order valence-corrected chi connectivity index (χ2v) is 5.32. The van der Waals surface area contributed by atoms with Crippen LogP contribution in [-0.2, 0) is 11.3 Å². The molecule has 2 nitrogen and oxygen atoms in total. The third-order valence-electron chi connectivity index (χ3n) is 4.09.